The smallest absolute Gasteiger partial charge is 0.153 e. The van der Waals surface area contributed by atoms with Gasteiger partial charge >= 0.3 is 0 Å². The zero-order valence-corrected chi connectivity index (χ0v) is 13.2. The molecule has 0 amide bonds. The molecule has 100 valence electrons. The molecule has 0 saturated heterocycles. The molecule has 0 atom stereocenters. The van der Waals surface area contributed by atoms with E-state index in [1.54, 1.807) is 16.9 Å². The number of aldehydes is 1. The minimum absolute atomic E-state index is 0.535. The molecule has 20 heavy (non-hydrogen) atoms. The van der Waals surface area contributed by atoms with Crippen molar-refractivity contribution in [1.82, 2.24) is 9.78 Å². The first kappa shape index (κ1) is 13.5. The van der Waals surface area contributed by atoms with Crippen LogP contribution < -0.4 is 0 Å². The van der Waals surface area contributed by atoms with Crippen molar-refractivity contribution in [1.29, 1.82) is 0 Å². The average molecular weight is 368 g/mol. The molecule has 0 aliphatic heterocycles. The van der Waals surface area contributed by atoms with Crippen LogP contribution in [0.15, 0.2) is 46.4 Å². The number of halogens is 2. The maximum atomic E-state index is 11.3. The lowest BCUT2D eigenvalue weighted by molar-refractivity contribution is 0.112. The Kier molecular flexibility index (Phi) is 3.74. The van der Waals surface area contributed by atoms with Gasteiger partial charge in [-0.3, -0.25) is 4.79 Å². The highest BCUT2D eigenvalue weighted by Crippen LogP contribution is 2.34. The van der Waals surface area contributed by atoms with Crippen LogP contribution in [0.25, 0.3) is 16.3 Å². The Labute approximate surface area is 132 Å². The Bertz CT molecular complexity index is 781. The molecule has 2 heterocycles. The van der Waals surface area contributed by atoms with Crippen LogP contribution in [0, 0.1) is 0 Å². The molecule has 0 N–H and O–H groups in total. The fraction of sp³-hybridized carbons (Fsp3) is 0. The average Bonchev–Trinajstić information content (AvgIpc) is 3.04. The molecule has 0 radical (unpaired) electrons. The van der Waals surface area contributed by atoms with Gasteiger partial charge in [-0.1, -0.05) is 23.7 Å². The van der Waals surface area contributed by atoms with E-state index >= 15 is 0 Å². The zero-order chi connectivity index (χ0) is 14.1. The third-order valence-electron chi connectivity index (χ3n) is 2.80. The second-order valence-electron chi connectivity index (χ2n) is 4.04. The monoisotopic (exact) mass is 366 g/mol. The SMILES string of the molecule is O=Cc1cn(-c2ccccc2Cl)nc1-c1sccc1Br. The second-order valence-corrected chi connectivity index (χ2v) is 6.22. The van der Waals surface area contributed by atoms with Gasteiger partial charge in [0.15, 0.2) is 6.29 Å². The highest BCUT2D eigenvalue weighted by Gasteiger charge is 2.16. The van der Waals surface area contributed by atoms with Crippen molar-refractivity contribution in [3.63, 3.8) is 0 Å². The number of hydrogen-bond donors (Lipinski definition) is 0. The Hall–Kier alpha value is -1.43. The van der Waals surface area contributed by atoms with Crippen molar-refractivity contribution >= 4 is 45.2 Å². The molecule has 2 aromatic heterocycles. The van der Waals surface area contributed by atoms with E-state index in [2.05, 4.69) is 21.0 Å². The summed E-state index contributed by atoms with van der Waals surface area (Å²) in [6, 6.07) is 9.32. The molecule has 0 unspecified atom stereocenters. The number of aromatic nitrogens is 2. The third kappa shape index (κ3) is 2.32. The van der Waals surface area contributed by atoms with Gasteiger partial charge in [0.25, 0.3) is 0 Å². The van der Waals surface area contributed by atoms with Crippen LogP contribution in [0.2, 0.25) is 5.02 Å². The number of carbonyl (C=O) groups is 1. The molecule has 0 aliphatic rings. The van der Waals surface area contributed by atoms with Gasteiger partial charge in [0.1, 0.15) is 5.69 Å². The Morgan fingerprint density at radius 2 is 2.10 bits per heavy atom. The van der Waals surface area contributed by atoms with Crippen LogP contribution in [0.5, 0.6) is 0 Å². The standard InChI is InChI=1S/C14H8BrClN2OS/c15-10-5-6-20-14(10)13-9(8-19)7-18(17-13)12-4-2-1-3-11(12)16/h1-8H. The first-order chi connectivity index (χ1) is 9.70. The van der Waals surface area contributed by atoms with E-state index in [1.807, 2.05) is 29.6 Å². The molecule has 6 heteroatoms. The third-order valence-corrected chi connectivity index (χ3v) is 4.97. The van der Waals surface area contributed by atoms with Crippen molar-refractivity contribution in [2.24, 2.45) is 0 Å². The van der Waals surface area contributed by atoms with Gasteiger partial charge in [0.05, 0.1) is 21.2 Å². The minimum Gasteiger partial charge on any atom is -0.298 e. The summed E-state index contributed by atoms with van der Waals surface area (Å²) in [5.41, 5.74) is 1.94. The molecule has 0 aliphatic carbocycles. The minimum atomic E-state index is 0.535. The first-order valence-corrected chi connectivity index (χ1v) is 7.79. The second kappa shape index (κ2) is 5.52. The first-order valence-electron chi connectivity index (χ1n) is 5.74. The van der Waals surface area contributed by atoms with E-state index in [1.165, 1.54) is 11.3 Å². The Morgan fingerprint density at radius 3 is 2.75 bits per heavy atom. The van der Waals surface area contributed by atoms with Crippen LogP contribution in [0.1, 0.15) is 10.4 Å². The molecular formula is C14H8BrClN2OS. The molecule has 3 rings (SSSR count). The highest BCUT2D eigenvalue weighted by molar-refractivity contribution is 9.10. The lowest BCUT2D eigenvalue weighted by Gasteiger charge is -2.02. The van der Waals surface area contributed by atoms with Gasteiger partial charge in [-0.2, -0.15) is 5.10 Å². The van der Waals surface area contributed by atoms with Crippen molar-refractivity contribution in [2.75, 3.05) is 0 Å². The Balaban J connectivity index is 2.17. The number of hydrogen-bond acceptors (Lipinski definition) is 3. The number of thiophene rings is 1. The summed E-state index contributed by atoms with van der Waals surface area (Å²) in [6.45, 7) is 0. The van der Waals surface area contributed by atoms with Crippen molar-refractivity contribution < 1.29 is 4.79 Å². The van der Waals surface area contributed by atoms with E-state index in [-0.39, 0.29) is 0 Å². The molecule has 0 fully saturated rings. The van der Waals surface area contributed by atoms with Crippen LogP contribution in [0.4, 0.5) is 0 Å². The maximum absolute atomic E-state index is 11.3. The van der Waals surface area contributed by atoms with E-state index in [0.717, 1.165) is 21.3 Å². The topological polar surface area (TPSA) is 34.9 Å². The summed E-state index contributed by atoms with van der Waals surface area (Å²) in [4.78, 5) is 12.2. The largest absolute Gasteiger partial charge is 0.298 e. The van der Waals surface area contributed by atoms with Gasteiger partial charge < -0.3 is 0 Å². The number of rotatable bonds is 3. The number of benzene rings is 1. The van der Waals surface area contributed by atoms with E-state index in [0.29, 0.717) is 16.3 Å². The molecule has 3 nitrogen and oxygen atoms in total. The van der Waals surface area contributed by atoms with E-state index in [9.17, 15) is 4.79 Å². The van der Waals surface area contributed by atoms with Gasteiger partial charge in [0.2, 0.25) is 0 Å². The molecule has 0 spiro atoms. The van der Waals surface area contributed by atoms with E-state index in [4.69, 9.17) is 11.6 Å². The fourth-order valence-corrected chi connectivity index (χ4v) is 3.66. The van der Waals surface area contributed by atoms with Gasteiger partial charge in [-0.25, -0.2) is 4.68 Å². The summed E-state index contributed by atoms with van der Waals surface area (Å²) >= 11 is 11.2. The van der Waals surface area contributed by atoms with Gasteiger partial charge in [-0.15, -0.1) is 11.3 Å². The van der Waals surface area contributed by atoms with E-state index < -0.39 is 0 Å². The summed E-state index contributed by atoms with van der Waals surface area (Å²) in [6.07, 6.45) is 2.50. The van der Waals surface area contributed by atoms with Crippen LogP contribution in [-0.2, 0) is 0 Å². The summed E-state index contributed by atoms with van der Waals surface area (Å²) in [5.74, 6) is 0. The lowest BCUT2D eigenvalue weighted by Crippen LogP contribution is -1.95. The molecule has 3 aromatic rings. The van der Waals surface area contributed by atoms with Crippen molar-refractivity contribution in [2.45, 2.75) is 0 Å². The number of nitrogens with zero attached hydrogens (tertiary/aromatic N) is 2. The predicted molar refractivity (Wildman–Crippen MR) is 85.0 cm³/mol. The lowest BCUT2D eigenvalue weighted by atomic mass is 10.2. The van der Waals surface area contributed by atoms with Gasteiger partial charge in [-0.05, 0) is 39.5 Å². The van der Waals surface area contributed by atoms with Gasteiger partial charge in [0, 0.05) is 10.7 Å². The number of para-hydroxylation sites is 1. The fourth-order valence-electron chi connectivity index (χ4n) is 1.87. The van der Waals surface area contributed by atoms with Crippen LogP contribution in [0.3, 0.4) is 0 Å². The Morgan fingerprint density at radius 1 is 1.30 bits per heavy atom. The van der Waals surface area contributed by atoms with Crippen molar-refractivity contribution in [3.8, 4) is 16.3 Å². The maximum Gasteiger partial charge on any atom is 0.153 e. The van der Waals surface area contributed by atoms with Crippen LogP contribution >= 0.6 is 38.9 Å². The highest BCUT2D eigenvalue weighted by atomic mass is 79.9. The van der Waals surface area contributed by atoms with Crippen molar-refractivity contribution in [3.05, 3.63) is 57.0 Å². The molecular weight excluding hydrogens is 360 g/mol. The quantitative estimate of drug-likeness (QED) is 0.622. The molecule has 0 saturated carbocycles. The summed E-state index contributed by atoms with van der Waals surface area (Å²) in [7, 11) is 0. The van der Waals surface area contributed by atoms with Crippen LogP contribution in [-0.4, -0.2) is 16.1 Å². The number of carbonyl (C=O) groups excluding carboxylic acids is 1. The normalized spacial score (nSPS) is 10.7. The zero-order valence-electron chi connectivity index (χ0n) is 10.1. The predicted octanol–water partition coefficient (Wildman–Crippen LogP) is 4.83. The summed E-state index contributed by atoms with van der Waals surface area (Å²) in [5, 5.41) is 7.03. The summed E-state index contributed by atoms with van der Waals surface area (Å²) < 4.78 is 2.56. The molecule has 0 bridgehead atoms. The molecule has 1 aromatic carbocycles.